The number of nitrogen functional groups attached to an aromatic ring is 1. The molecule has 6 aromatic rings. The van der Waals surface area contributed by atoms with Crippen LogP contribution >= 0.6 is 0 Å². The molecular weight excluding hydrogens is 573 g/mol. The molecule has 0 aromatic heterocycles. The number of rotatable bonds is 6. The van der Waals surface area contributed by atoms with Crippen molar-refractivity contribution < 1.29 is 0 Å². The molecule has 0 fully saturated rings. The zero-order valence-corrected chi connectivity index (χ0v) is 26.7. The summed E-state index contributed by atoms with van der Waals surface area (Å²) in [5.41, 5.74) is 24.7. The summed E-state index contributed by atoms with van der Waals surface area (Å²) < 4.78 is 0. The van der Waals surface area contributed by atoms with Gasteiger partial charge in [-0.25, -0.2) is 0 Å². The highest BCUT2D eigenvalue weighted by molar-refractivity contribution is 6.22. The lowest BCUT2D eigenvalue weighted by molar-refractivity contribution is 0.661. The zero-order chi connectivity index (χ0) is 32.1. The number of allylic oxidation sites excluding steroid dienone is 5. The predicted octanol–water partition coefficient (Wildman–Crippen LogP) is 10.5. The van der Waals surface area contributed by atoms with Crippen LogP contribution in [-0.2, 0) is 5.41 Å². The Kier molecular flexibility index (Phi) is 6.96. The lowest BCUT2D eigenvalue weighted by Crippen LogP contribution is -2.37. The minimum absolute atomic E-state index is 0.217. The number of hydrogen-bond acceptors (Lipinski definition) is 4. The monoisotopic (exact) mass is 610 g/mol. The van der Waals surface area contributed by atoms with E-state index in [2.05, 4.69) is 158 Å². The van der Waals surface area contributed by atoms with Gasteiger partial charge < -0.3 is 21.7 Å². The van der Waals surface area contributed by atoms with Crippen LogP contribution in [0.1, 0.15) is 31.4 Å². The predicted molar refractivity (Wildman–Crippen MR) is 201 cm³/mol. The summed E-state index contributed by atoms with van der Waals surface area (Å²) in [5.74, 6) is 0. The Labute approximate surface area is 276 Å². The van der Waals surface area contributed by atoms with Crippen molar-refractivity contribution in [3.05, 3.63) is 162 Å². The smallest absolute Gasteiger partial charge is 0.102 e. The Hall–Kier alpha value is -5.58. The molecule has 2 aliphatic carbocycles. The normalized spacial score (nSPS) is 15.9. The topological polar surface area (TPSA) is 67.3 Å². The second-order valence-corrected chi connectivity index (χ2v) is 13.1. The highest BCUT2D eigenvalue weighted by Gasteiger charge is 2.37. The van der Waals surface area contributed by atoms with Gasteiger partial charge in [0, 0.05) is 44.0 Å². The summed E-state index contributed by atoms with van der Waals surface area (Å²) in [6.07, 6.45) is 11.1. The zero-order valence-electron chi connectivity index (χ0n) is 26.7. The van der Waals surface area contributed by atoms with Crippen LogP contribution in [0.5, 0.6) is 0 Å². The van der Waals surface area contributed by atoms with E-state index in [9.17, 15) is 0 Å². The van der Waals surface area contributed by atoms with E-state index >= 15 is 0 Å². The summed E-state index contributed by atoms with van der Waals surface area (Å²) in [6.45, 7) is 4.61. The third kappa shape index (κ3) is 4.89. The molecule has 1 unspecified atom stereocenters. The minimum atomic E-state index is -0.417. The van der Waals surface area contributed by atoms with E-state index in [1.807, 2.05) is 12.1 Å². The first-order valence-corrected chi connectivity index (χ1v) is 16.3. The van der Waals surface area contributed by atoms with Gasteiger partial charge in [0.25, 0.3) is 0 Å². The molecule has 0 radical (unpaired) electrons. The molecule has 47 heavy (non-hydrogen) atoms. The van der Waals surface area contributed by atoms with Gasteiger partial charge in [0.2, 0.25) is 0 Å². The van der Waals surface area contributed by atoms with Gasteiger partial charge in [0.05, 0.1) is 11.4 Å². The van der Waals surface area contributed by atoms with Gasteiger partial charge in [-0.1, -0.05) is 105 Å². The summed E-state index contributed by atoms with van der Waals surface area (Å²) in [6, 6.07) is 40.8. The average Bonchev–Trinajstić information content (AvgIpc) is 3.31. The van der Waals surface area contributed by atoms with Crippen molar-refractivity contribution >= 4 is 50.0 Å². The molecule has 0 amide bonds. The van der Waals surface area contributed by atoms with Crippen molar-refractivity contribution in [3.63, 3.8) is 0 Å². The largest absolute Gasteiger partial charge is 0.399 e. The number of nitrogens with one attached hydrogen (secondary N) is 1. The van der Waals surface area contributed by atoms with Crippen molar-refractivity contribution in [3.8, 4) is 11.1 Å². The number of hydrogen-bond donors (Lipinski definition) is 3. The third-order valence-electron chi connectivity index (χ3n) is 9.73. The number of fused-ring (bicyclic) bond motifs is 5. The Morgan fingerprint density at radius 3 is 2.17 bits per heavy atom. The summed E-state index contributed by atoms with van der Waals surface area (Å²) in [4.78, 5) is 2.31. The molecular formula is C43H38N4. The first-order chi connectivity index (χ1) is 22.9. The van der Waals surface area contributed by atoms with Gasteiger partial charge in [-0.15, -0.1) is 0 Å². The number of para-hydroxylation sites is 2. The lowest BCUT2D eigenvalue weighted by Gasteiger charge is -2.33. The van der Waals surface area contributed by atoms with Crippen molar-refractivity contribution in [2.75, 3.05) is 16.0 Å². The number of anilines is 5. The second kappa shape index (κ2) is 11.3. The molecule has 8 rings (SSSR count). The molecule has 0 saturated heterocycles. The molecule has 230 valence electrons. The highest BCUT2D eigenvalue weighted by atomic mass is 15.2. The Balaban J connectivity index is 1.49. The van der Waals surface area contributed by atoms with Crippen LogP contribution in [0.2, 0.25) is 0 Å². The fraction of sp³-hybridized carbons (Fsp3) is 0.116. The van der Waals surface area contributed by atoms with E-state index in [0.717, 1.165) is 56.4 Å². The molecule has 0 bridgehead atoms. The van der Waals surface area contributed by atoms with Crippen LogP contribution in [0.25, 0.3) is 32.7 Å². The number of benzene rings is 6. The second-order valence-electron chi connectivity index (χ2n) is 13.1. The molecule has 1 atom stereocenters. The maximum atomic E-state index is 7.27. The maximum Gasteiger partial charge on any atom is 0.102 e. The summed E-state index contributed by atoms with van der Waals surface area (Å²) in [7, 11) is 0. The molecule has 2 aliphatic rings. The molecule has 0 spiro atoms. The SMILES string of the molecule is CC1(C)c2cc(N)ccc2-c2cc3c(N(c4ccccc4)C(N)/C=C4/C=CC=CC4)c4ccccc4c(Nc4ccccc4)c3cc21. The Morgan fingerprint density at radius 1 is 0.723 bits per heavy atom. The quantitative estimate of drug-likeness (QED) is 0.0760. The first kappa shape index (κ1) is 28.9. The van der Waals surface area contributed by atoms with E-state index in [1.54, 1.807) is 0 Å². The summed E-state index contributed by atoms with van der Waals surface area (Å²) >= 11 is 0. The van der Waals surface area contributed by atoms with Crippen LogP contribution in [0.4, 0.5) is 28.4 Å². The van der Waals surface area contributed by atoms with Gasteiger partial charge in [-0.05, 0) is 88.9 Å². The first-order valence-electron chi connectivity index (χ1n) is 16.3. The summed E-state index contributed by atoms with van der Waals surface area (Å²) in [5, 5.41) is 8.39. The molecule has 0 heterocycles. The molecule has 0 aliphatic heterocycles. The van der Waals surface area contributed by atoms with Gasteiger partial charge in [-0.2, -0.15) is 0 Å². The van der Waals surface area contributed by atoms with Crippen LogP contribution in [0.3, 0.4) is 0 Å². The standard InChI is InChI=1S/C43H38N4/c1-43(2)38-25-29(44)22-23-32(38)35-26-37-36(27-39(35)43)41(46-30-16-8-4-9-17-30)33-20-12-13-21-34(33)42(37)47(31-18-10-5-11-19-31)40(45)24-28-14-6-3-7-15-28/h3-14,16-27,40,46H,15,44-45H2,1-2H3/b28-24-. The molecule has 5 N–H and O–H groups in total. The molecule has 4 heteroatoms. The van der Waals surface area contributed by atoms with Crippen molar-refractivity contribution in [2.24, 2.45) is 5.73 Å². The number of nitrogens with zero attached hydrogens (tertiary/aromatic N) is 1. The fourth-order valence-corrected chi connectivity index (χ4v) is 7.45. The van der Waals surface area contributed by atoms with Gasteiger partial charge in [0.15, 0.2) is 0 Å². The van der Waals surface area contributed by atoms with Gasteiger partial charge >= 0.3 is 0 Å². The highest BCUT2D eigenvalue weighted by Crippen LogP contribution is 2.54. The van der Waals surface area contributed by atoms with E-state index < -0.39 is 6.17 Å². The van der Waals surface area contributed by atoms with E-state index in [0.29, 0.717) is 0 Å². The fourth-order valence-electron chi connectivity index (χ4n) is 7.45. The minimum Gasteiger partial charge on any atom is -0.399 e. The molecule has 6 aromatic carbocycles. The van der Waals surface area contributed by atoms with Crippen LogP contribution in [0.15, 0.2) is 151 Å². The maximum absolute atomic E-state index is 7.27. The van der Waals surface area contributed by atoms with Gasteiger partial charge in [0.1, 0.15) is 6.17 Å². The van der Waals surface area contributed by atoms with E-state index in [4.69, 9.17) is 11.5 Å². The van der Waals surface area contributed by atoms with Crippen LogP contribution < -0.4 is 21.7 Å². The Morgan fingerprint density at radius 2 is 1.43 bits per heavy atom. The van der Waals surface area contributed by atoms with E-state index in [1.165, 1.54) is 27.8 Å². The van der Waals surface area contributed by atoms with Crippen LogP contribution in [0, 0.1) is 0 Å². The Bertz CT molecular complexity index is 2240. The molecule has 0 saturated carbocycles. The van der Waals surface area contributed by atoms with E-state index in [-0.39, 0.29) is 5.41 Å². The molecule has 4 nitrogen and oxygen atoms in total. The lowest BCUT2D eigenvalue weighted by atomic mass is 9.81. The van der Waals surface area contributed by atoms with Crippen molar-refractivity contribution in [1.29, 1.82) is 0 Å². The average molecular weight is 611 g/mol. The third-order valence-corrected chi connectivity index (χ3v) is 9.73. The van der Waals surface area contributed by atoms with Crippen molar-refractivity contribution in [2.45, 2.75) is 31.8 Å². The van der Waals surface area contributed by atoms with Gasteiger partial charge in [-0.3, -0.25) is 0 Å². The van der Waals surface area contributed by atoms with Crippen LogP contribution in [-0.4, -0.2) is 6.17 Å². The number of nitrogens with two attached hydrogens (primary N) is 2. The van der Waals surface area contributed by atoms with Crippen molar-refractivity contribution in [1.82, 2.24) is 0 Å².